The summed E-state index contributed by atoms with van der Waals surface area (Å²) < 4.78 is 0. The lowest BCUT2D eigenvalue weighted by atomic mass is 10.1. The number of hydrogen-bond donors (Lipinski definition) is 3. The van der Waals surface area contributed by atoms with Gasteiger partial charge < -0.3 is 15.7 Å². The van der Waals surface area contributed by atoms with Gasteiger partial charge in [0.15, 0.2) is 5.96 Å². The standard InChI is InChI=1S/C21H23ClN4O.HI/c1-2-23-21(26-14-20(27)15-7-9-17(22)10-8-15)25-13-16-11-12-24-19-6-4-3-5-18(16)19;/h3-12,20,27H,2,13-14H2,1H3,(H2,23,25,26);1H. The third kappa shape index (κ3) is 6.05. The molecule has 0 bridgehead atoms. The van der Waals surface area contributed by atoms with Gasteiger partial charge in [0.05, 0.1) is 18.2 Å². The summed E-state index contributed by atoms with van der Waals surface area (Å²) in [6.45, 7) is 3.62. The molecule has 148 valence electrons. The molecule has 0 fully saturated rings. The minimum Gasteiger partial charge on any atom is -0.387 e. The molecule has 0 spiro atoms. The van der Waals surface area contributed by atoms with E-state index in [1.165, 1.54) is 0 Å². The van der Waals surface area contributed by atoms with E-state index in [9.17, 15) is 5.11 Å². The molecule has 0 radical (unpaired) electrons. The first-order valence-corrected chi connectivity index (χ1v) is 9.33. The van der Waals surface area contributed by atoms with E-state index in [4.69, 9.17) is 11.6 Å². The maximum absolute atomic E-state index is 10.4. The van der Waals surface area contributed by atoms with E-state index in [0.29, 0.717) is 24.1 Å². The van der Waals surface area contributed by atoms with Crippen molar-refractivity contribution in [1.82, 2.24) is 15.6 Å². The number of nitrogens with one attached hydrogen (secondary N) is 2. The van der Waals surface area contributed by atoms with Crippen LogP contribution in [0.4, 0.5) is 0 Å². The van der Waals surface area contributed by atoms with Gasteiger partial charge in [-0.2, -0.15) is 0 Å². The number of fused-ring (bicyclic) bond motifs is 1. The monoisotopic (exact) mass is 510 g/mol. The van der Waals surface area contributed by atoms with Gasteiger partial charge >= 0.3 is 0 Å². The Morgan fingerprint density at radius 2 is 1.86 bits per heavy atom. The molecule has 7 heteroatoms. The van der Waals surface area contributed by atoms with Crippen LogP contribution in [0.25, 0.3) is 10.9 Å². The molecular weight excluding hydrogens is 487 g/mol. The summed E-state index contributed by atoms with van der Waals surface area (Å²) in [6.07, 6.45) is 1.16. The zero-order valence-electron chi connectivity index (χ0n) is 15.6. The molecule has 0 aliphatic rings. The zero-order valence-corrected chi connectivity index (χ0v) is 18.7. The Bertz CT molecular complexity index is 912. The summed E-state index contributed by atoms with van der Waals surface area (Å²) in [7, 11) is 0. The van der Waals surface area contributed by atoms with Crippen molar-refractivity contribution in [2.45, 2.75) is 19.6 Å². The van der Waals surface area contributed by atoms with Gasteiger partial charge in [0, 0.05) is 29.7 Å². The summed E-state index contributed by atoms with van der Waals surface area (Å²) in [5, 5.41) is 18.5. The van der Waals surface area contributed by atoms with Gasteiger partial charge in [0.1, 0.15) is 0 Å². The molecule has 3 N–H and O–H groups in total. The molecule has 3 rings (SSSR count). The van der Waals surface area contributed by atoms with Crippen molar-refractivity contribution in [3.63, 3.8) is 0 Å². The van der Waals surface area contributed by atoms with Crippen molar-refractivity contribution in [1.29, 1.82) is 0 Å². The molecule has 0 amide bonds. The number of aliphatic hydroxyl groups is 1. The Morgan fingerprint density at radius 3 is 2.61 bits per heavy atom. The topological polar surface area (TPSA) is 69.5 Å². The van der Waals surface area contributed by atoms with Crippen LogP contribution in [0.15, 0.2) is 65.8 Å². The fraction of sp³-hybridized carbons (Fsp3) is 0.238. The Labute approximate surface area is 187 Å². The quantitative estimate of drug-likeness (QED) is 0.263. The number of hydrogen-bond acceptors (Lipinski definition) is 3. The van der Waals surface area contributed by atoms with Crippen LogP contribution in [0.1, 0.15) is 24.2 Å². The van der Waals surface area contributed by atoms with Crippen LogP contribution in [0.3, 0.4) is 0 Å². The average Bonchev–Trinajstić information content (AvgIpc) is 2.70. The van der Waals surface area contributed by atoms with Gasteiger partial charge in [0.25, 0.3) is 0 Å². The second kappa shape index (κ2) is 11.2. The van der Waals surface area contributed by atoms with Gasteiger partial charge in [0.2, 0.25) is 0 Å². The van der Waals surface area contributed by atoms with Crippen LogP contribution in [0.5, 0.6) is 0 Å². The number of aromatic nitrogens is 1. The van der Waals surface area contributed by atoms with E-state index in [1.807, 2.05) is 43.3 Å². The van der Waals surface area contributed by atoms with Crippen LogP contribution >= 0.6 is 35.6 Å². The summed E-state index contributed by atoms with van der Waals surface area (Å²) >= 11 is 5.90. The molecule has 1 heterocycles. The van der Waals surface area contributed by atoms with Gasteiger partial charge in [-0.05, 0) is 42.3 Å². The van der Waals surface area contributed by atoms with Gasteiger partial charge in [-0.15, -0.1) is 24.0 Å². The van der Waals surface area contributed by atoms with Crippen LogP contribution in [0.2, 0.25) is 5.02 Å². The van der Waals surface area contributed by atoms with Crippen molar-refractivity contribution in [3.05, 3.63) is 76.9 Å². The zero-order chi connectivity index (χ0) is 19.1. The normalized spacial score (nSPS) is 12.3. The molecule has 5 nitrogen and oxygen atoms in total. The van der Waals surface area contributed by atoms with E-state index in [2.05, 4.69) is 26.7 Å². The van der Waals surface area contributed by atoms with Crippen molar-refractivity contribution in [2.75, 3.05) is 13.1 Å². The number of aliphatic hydroxyl groups excluding tert-OH is 1. The second-order valence-electron chi connectivity index (χ2n) is 6.13. The minimum atomic E-state index is -0.645. The lowest BCUT2D eigenvalue weighted by molar-refractivity contribution is 0.181. The number of rotatable bonds is 6. The van der Waals surface area contributed by atoms with Crippen molar-refractivity contribution in [2.24, 2.45) is 4.99 Å². The molecule has 1 aromatic heterocycles. The predicted molar refractivity (Wildman–Crippen MR) is 126 cm³/mol. The number of pyridine rings is 1. The Morgan fingerprint density at radius 1 is 1.11 bits per heavy atom. The number of nitrogens with zero attached hydrogens (tertiary/aromatic N) is 2. The van der Waals surface area contributed by atoms with Crippen molar-refractivity contribution in [3.8, 4) is 0 Å². The molecule has 2 aromatic carbocycles. The van der Waals surface area contributed by atoms with E-state index < -0.39 is 6.10 Å². The number of benzene rings is 2. The molecular formula is C21H24ClIN4O. The average molecular weight is 511 g/mol. The highest BCUT2D eigenvalue weighted by atomic mass is 127. The Balaban J connectivity index is 0.00000280. The largest absolute Gasteiger partial charge is 0.387 e. The van der Waals surface area contributed by atoms with Gasteiger partial charge in [-0.25, -0.2) is 4.99 Å². The molecule has 0 saturated carbocycles. The van der Waals surface area contributed by atoms with Gasteiger partial charge in [-0.1, -0.05) is 41.9 Å². The number of guanidine groups is 1. The number of halogens is 2. The van der Waals surface area contributed by atoms with E-state index in [0.717, 1.165) is 28.6 Å². The lowest BCUT2D eigenvalue weighted by Crippen LogP contribution is -2.39. The predicted octanol–water partition coefficient (Wildman–Crippen LogP) is 4.29. The van der Waals surface area contributed by atoms with Crippen LogP contribution in [0, 0.1) is 0 Å². The fourth-order valence-electron chi connectivity index (χ4n) is 2.80. The van der Waals surface area contributed by atoms with E-state index in [1.54, 1.807) is 18.3 Å². The highest BCUT2D eigenvalue weighted by Gasteiger charge is 2.09. The van der Waals surface area contributed by atoms with E-state index in [-0.39, 0.29) is 24.0 Å². The third-order valence-corrected chi connectivity index (χ3v) is 4.46. The lowest BCUT2D eigenvalue weighted by Gasteiger charge is -2.16. The van der Waals surface area contributed by atoms with Gasteiger partial charge in [-0.3, -0.25) is 4.98 Å². The first-order chi connectivity index (χ1) is 13.2. The Kier molecular flexibility index (Phi) is 8.95. The molecule has 0 aliphatic heterocycles. The molecule has 0 aliphatic carbocycles. The first-order valence-electron chi connectivity index (χ1n) is 8.95. The smallest absolute Gasteiger partial charge is 0.191 e. The fourth-order valence-corrected chi connectivity index (χ4v) is 2.92. The summed E-state index contributed by atoms with van der Waals surface area (Å²) in [5.41, 5.74) is 2.88. The van der Waals surface area contributed by atoms with Crippen molar-refractivity contribution < 1.29 is 5.11 Å². The second-order valence-corrected chi connectivity index (χ2v) is 6.57. The van der Waals surface area contributed by atoms with Crippen LogP contribution < -0.4 is 10.6 Å². The SMILES string of the molecule is CCNC(=NCc1ccnc2ccccc12)NCC(O)c1ccc(Cl)cc1.I. The van der Waals surface area contributed by atoms with Crippen LogP contribution in [-0.2, 0) is 6.54 Å². The Hall–Kier alpha value is -1.90. The number of aliphatic imine (C=N–C) groups is 1. The molecule has 1 atom stereocenters. The summed E-state index contributed by atoms with van der Waals surface area (Å²) in [5.74, 6) is 0.659. The summed E-state index contributed by atoms with van der Waals surface area (Å²) in [4.78, 5) is 9.03. The third-order valence-electron chi connectivity index (χ3n) is 4.21. The molecule has 1 unspecified atom stereocenters. The molecule has 0 saturated heterocycles. The molecule has 28 heavy (non-hydrogen) atoms. The minimum absolute atomic E-state index is 0. The maximum atomic E-state index is 10.4. The van der Waals surface area contributed by atoms with Crippen molar-refractivity contribution >= 4 is 52.4 Å². The maximum Gasteiger partial charge on any atom is 0.191 e. The molecule has 3 aromatic rings. The van der Waals surface area contributed by atoms with E-state index >= 15 is 0 Å². The highest BCUT2D eigenvalue weighted by molar-refractivity contribution is 14.0. The van der Waals surface area contributed by atoms with Crippen LogP contribution in [-0.4, -0.2) is 29.1 Å². The first kappa shape index (κ1) is 22.4. The highest BCUT2D eigenvalue weighted by Crippen LogP contribution is 2.17. The number of para-hydroxylation sites is 1. The summed E-state index contributed by atoms with van der Waals surface area (Å²) in [6, 6.07) is 17.2.